The highest BCUT2D eigenvalue weighted by Crippen LogP contribution is 2.29. The highest BCUT2D eigenvalue weighted by atomic mass is 32.1. The van der Waals surface area contributed by atoms with E-state index in [1.807, 2.05) is 0 Å². The Morgan fingerprint density at radius 2 is 2.22 bits per heavy atom. The van der Waals surface area contributed by atoms with Crippen LogP contribution in [0, 0.1) is 0 Å². The Bertz CT molecular complexity index is 514. The predicted octanol–water partition coefficient (Wildman–Crippen LogP) is 2.83. The largest absolute Gasteiger partial charge is 0.333 e. The number of thiophene rings is 1. The number of aryl methyl sites for hydroxylation is 1. The van der Waals surface area contributed by atoms with Gasteiger partial charge in [0.15, 0.2) is 5.82 Å². The van der Waals surface area contributed by atoms with Gasteiger partial charge in [-0.1, -0.05) is 12.1 Å². The molecule has 0 aromatic carbocycles. The van der Waals surface area contributed by atoms with Crippen LogP contribution >= 0.6 is 11.3 Å². The van der Waals surface area contributed by atoms with Crippen LogP contribution in [0.3, 0.4) is 0 Å². The van der Waals surface area contributed by atoms with Gasteiger partial charge in [-0.2, -0.15) is 4.98 Å². The molecule has 1 fully saturated rings. The van der Waals surface area contributed by atoms with E-state index in [2.05, 4.69) is 34.5 Å². The summed E-state index contributed by atoms with van der Waals surface area (Å²) in [5.41, 5.74) is 0. The second-order valence-corrected chi connectivity index (χ2v) is 5.77. The lowest BCUT2D eigenvalue weighted by Gasteiger charge is -2.18. The van der Waals surface area contributed by atoms with Crippen molar-refractivity contribution in [1.82, 2.24) is 15.5 Å². The molecule has 0 aliphatic carbocycles. The van der Waals surface area contributed by atoms with Gasteiger partial charge in [-0.05, 0) is 44.5 Å². The Morgan fingerprint density at radius 3 is 2.94 bits per heavy atom. The van der Waals surface area contributed by atoms with Crippen molar-refractivity contribution in [2.75, 3.05) is 13.1 Å². The van der Waals surface area contributed by atoms with E-state index in [4.69, 9.17) is 4.52 Å². The monoisotopic (exact) mass is 263 g/mol. The molecule has 0 amide bonds. The summed E-state index contributed by atoms with van der Waals surface area (Å²) in [6.07, 6.45) is 3.26. The number of aromatic nitrogens is 2. The molecule has 3 heterocycles. The Labute approximate surface area is 110 Å². The molecule has 2 aromatic heterocycles. The number of nitrogens with zero attached hydrogens (tertiary/aromatic N) is 2. The number of piperidine rings is 1. The molecule has 0 radical (unpaired) electrons. The molecule has 1 saturated heterocycles. The van der Waals surface area contributed by atoms with Gasteiger partial charge in [0.25, 0.3) is 5.89 Å². The maximum atomic E-state index is 5.39. The smallest absolute Gasteiger partial charge is 0.268 e. The van der Waals surface area contributed by atoms with Crippen LogP contribution < -0.4 is 5.32 Å². The van der Waals surface area contributed by atoms with Gasteiger partial charge in [-0.15, -0.1) is 11.3 Å². The van der Waals surface area contributed by atoms with E-state index in [0.29, 0.717) is 11.8 Å². The maximum absolute atomic E-state index is 5.39. The molecule has 0 atom stereocenters. The van der Waals surface area contributed by atoms with Crippen LogP contribution in [-0.4, -0.2) is 23.2 Å². The van der Waals surface area contributed by atoms with Gasteiger partial charge in [-0.25, -0.2) is 0 Å². The molecule has 4 nitrogen and oxygen atoms in total. The highest BCUT2D eigenvalue weighted by molar-refractivity contribution is 7.15. The SMILES string of the molecule is CCc1ccc(-c2nc(C3CCNCC3)no2)s1. The summed E-state index contributed by atoms with van der Waals surface area (Å²) in [7, 11) is 0. The van der Waals surface area contributed by atoms with Crippen LogP contribution in [0.1, 0.15) is 36.4 Å². The zero-order valence-electron chi connectivity index (χ0n) is 10.5. The first-order valence-electron chi connectivity index (χ1n) is 6.50. The van der Waals surface area contributed by atoms with Crippen molar-refractivity contribution in [2.45, 2.75) is 32.1 Å². The van der Waals surface area contributed by atoms with Gasteiger partial charge in [0.05, 0.1) is 4.88 Å². The van der Waals surface area contributed by atoms with E-state index >= 15 is 0 Å². The summed E-state index contributed by atoms with van der Waals surface area (Å²) in [5, 5.41) is 7.49. The summed E-state index contributed by atoms with van der Waals surface area (Å²) in [4.78, 5) is 6.99. The summed E-state index contributed by atoms with van der Waals surface area (Å²) in [6, 6.07) is 4.21. The number of hydrogen-bond donors (Lipinski definition) is 1. The van der Waals surface area contributed by atoms with Crippen LogP contribution in [-0.2, 0) is 6.42 Å². The molecule has 3 rings (SSSR count). The van der Waals surface area contributed by atoms with Crippen molar-refractivity contribution in [3.8, 4) is 10.8 Å². The van der Waals surface area contributed by atoms with Crippen molar-refractivity contribution >= 4 is 11.3 Å². The van der Waals surface area contributed by atoms with Crippen LogP contribution in [0.5, 0.6) is 0 Å². The Kier molecular flexibility index (Phi) is 3.43. The standard InChI is InChI=1S/C13H17N3OS/c1-2-10-3-4-11(18-10)13-15-12(16-17-13)9-5-7-14-8-6-9/h3-4,9,14H,2,5-8H2,1H3. The second-order valence-electron chi connectivity index (χ2n) is 4.60. The second kappa shape index (κ2) is 5.20. The molecule has 0 saturated carbocycles. The first kappa shape index (κ1) is 11.9. The average Bonchev–Trinajstić information content (AvgIpc) is 3.08. The molecule has 18 heavy (non-hydrogen) atoms. The first-order chi connectivity index (χ1) is 8.86. The van der Waals surface area contributed by atoms with Gasteiger partial charge >= 0.3 is 0 Å². The van der Waals surface area contributed by atoms with Crippen molar-refractivity contribution in [2.24, 2.45) is 0 Å². The van der Waals surface area contributed by atoms with Crippen LogP contribution in [0.2, 0.25) is 0 Å². The molecule has 5 heteroatoms. The minimum absolute atomic E-state index is 0.453. The number of rotatable bonds is 3. The Morgan fingerprint density at radius 1 is 1.39 bits per heavy atom. The van der Waals surface area contributed by atoms with Gasteiger partial charge in [0.2, 0.25) is 0 Å². The van der Waals surface area contributed by atoms with Crippen LogP contribution in [0.25, 0.3) is 10.8 Å². The number of hydrogen-bond acceptors (Lipinski definition) is 5. The Balaban J connectivity index is 1.79. The summed E-state index contributed by atoms with van der Waals surface area (Å²) in [6.45, 7) is 4.25. The lowest BCUT2D eigenvalue weighted by atomic mass is 9.98. The summed E-state index contributed by atoms with van der Waals surface area (Å²) < 4.78 is 5.39. The van der Waals surface area contributed by atoms with Crippen LogP contribution in [0.15, 0.2) is 16.7 Å². The van der Waals surface area contributed by atoms with Gasteiger partial charge in [-0.3, -0.25) is 0 Å². The zero-order valence-corrected chi connectivity index (χ0v) is 11.3. The first-order valence-corrected chi connectivity index (χ1v) is 7.32. The van der Waals surface area contributed by atoms with Crippen molar-refractivity contribution in [3.63, 3.8) is 0 Å². The quantitative estimate of drug-likeness (QED) is 0.925. The van der Waals surface area contributed by atoms with E-state index in [9.17, 15) is 0 Å². The van der Waals surface area contributed by atoms with Gasteiger partial charge in [0.1, 0.15) is 0 Å². The molecule has 1 N–H and O–H groups in total. The van der Waals surface area contributed by atoms with Gasteiger partial charge < -0.3 is 9.84 Å². The van der Waals surface area contributed by atoms with E-state index in [1.54, 1.807) is 11.3 Å². The molecular weight excluding hydrogens is 246 g/mol. The van der Waals surface area contributed by atoms with E-state index < -0.39 is 0 Å². The van der Waals surface area contributed by atoms with Gasteiger partial charge in [0, 0.05) is 10.8 Å². The van der Waals surface area contributed by atoms with E-state index in [1.165, 1.54) is 4.88 Å². The average molecular weight is 263 g/mol. The molecule has 0 bridgehead atoms. The van der Waals surface area contributed by atoms with E-state index in [-0.39, 0.29) is 0 Å². The maximum Gasteiger partial charge on any atom is 0.268 e. The molecule has 2 aromatic rings. The predicted molar refractivity (Wildman–Crippen MR) is 71.8 cm³/mol. The van der Waals surface area contributed by atoms with Crippen LogP contribution in [0.4, 0.5) is 0 Å². The molecule has 1 aliphatic rings. The molecule has 1 aliphatic heterocycles. The Hall–Kier alpha value is -1.20. The molecular formula is C13H17N3OS. The zero-order chi connectivity index (χ0) is 12.4. The van der Waals surface area contributed by atoms with Crippen molar-refractivity contribution in [1.29, 1.82) is 0 Å². The molecule has 0 spiro atoms. The topological polar surface area (TPSA) is 51.0 Å². The summed E-state index contributed by atoms with van der Waals surface area (Å²) >= 11 is 1.74. The fourth-order valence-corrected chi connectivity index (χ4v) is 3.13. The van der Waals surface area contributed by atoms with Crippen molar-refractivity contribution in [3.05, 3.63) is 22.8 Å². The molecule has 0 unspecified atom stereocenters. The van der Waals surface area contributed by atoms with Crippen molar-refractivity contribution < 1.29 is 4.52 Å². The third-order valence-corrected chi connectivity index (χ3v) is 4.58. The van der Waals surface area contributed by atoms with E-state index in [0.717, 1.165) is 43.1 Å². The molecule has 96 valence electrons. The highest BCUT2D eigenvalue weighted by Gasteiger charge is 2.21. The number of nitrogens with one attached hydrogen (secondary N) is 1. The lowest BCUT2D eigenvalue weighted by molar-refractivity contribution is 0.392. The third-order valence-electron chi connectivity index (χ3n) is 3.37. The third kappa shape index (κ3) is 2.33. The normalized spacial score (nSPS) is 17.2. The minimum Gasteiger partial charge on any atom is -0.333 e. The summed E-state index contributed by atoms with van der Waals surface area (Å²) in [5.74, 6) is 2.00. The fourth-order valence-electron chi connectivity index (χ4n) is 2.26. The minimum atomic E-state index is 0.453. The lowest BCUT2D eigenvalue weighted by Crippen LogP contribution is -2.27. The fraction of sp³-hybridized carbons (Fsp3) is 0.538.